The van der Waals surface area contributed by atoms with Crippen LogP contribution in [0.25, 0.3) is 11.1 Å². The predicted molar refractivity (Wildman–Crippen MR) is 109 cm³/mol. The molecule has 4 saturated heterocycles. The molecule has 0 aliphatic carbocycles. The minimum atomic E-state index is -0.492. The van der Waals surface area contributed by atoms with Crippen LogP contribution in [0.2, 0.25) is 0 Å². The zero-order valence-corrected chi connectivity index (χ0v) is 16.9. The van der Waals surface area contributed by atoms with Crippen molar-refractivity contribution in [3.05, 3.63) is 23.5 Å². The predicted octanol–water partition coefficient (Wildman–Crippen LogP) is 1.98. The molecule has 3 atom stereocenters. The molecule has 2 bridgehead atoms. The number of hydrogen-bond acceptors (Lipinski definition) is 6. The van der Waals surface area contributed by atoms with Crippen molar-refractivity contribution in [1.29, 1.82) is 0 Å². The van der Waals surface area contributed by atoms with Crippen LogP contribution in [0, 0.1) is 11.7 Å². The molecule has 0 radical (unpaired) electrons. The van der Waals surface area contributed by atoms with Gasteiger partial charge in [-0.15, -0.1) is 0 Å². The van der Waals surface area contributed by atoms with E-state index < -0.39 is 5.82 Å². The third kappa shape index (κ3) is 3.28. The summed E-state index contributed by atoms with van der Waals surface area (Å²) in [6.07, 6.45) is 2.24. The molecule has 8 heteroatoms. The molecule has 7 nitrogen and oxygen atoms in total. The molecule has 1 amide bonds. The van der Waals surface area contributed by atoms with Crippen LogP contribution >= 0.6 is 0 Å². The Labute approximate surface area is 169 Å². The number of carbonyl (C=O) groups excluding carboxylic acids is 1. The zero-order valence-electron chi connectivity index (χ0n) is 16.9. The number of nitrogens with zero attached hydrogens (tertiary/aromatic N) is 3. The molecule has 5 heterocycles. The fraction of sp³-hybridized carbons (Fsp3) is 0.619. The maximum absolute atomic E-state index is 14.5. The van der Waals surface area contributed by atoms with Gasteiger partial charge in [-0.25, -0.2) is 4.39 Å². The lowest BCUT2D eigenvalue weighted by atomic mass is 9.84. The largest absolute Gasteiger partial charge is 0.420 e. The van der Waals surface area contributed by atoms with Crippen LogP contribution < -0.4 is 15.5 Å². The molecule has 4 aliphatic heterocycles. The van der Waals surface area contributed by atoms with E-state index in [4.69, 9.17) is 4.42 Å². The van der Waals surface area contributed by atoms with Crippen molar-refractivity contribution in [2.24, 2.45) is 5.92 Å². The fourth-order valence-electron chi connectivity index (χ4n) is 5.14. The number of fused-ring (bicyclic) bond motifs is 4. The Morgan fingerprint density at radius 3 is 2.62 bits per heavy atom. The molecule has 4 fully saturated rings. The van der Waals surface area contributed by atoms with Crippen molar-refractivity contribution in [2.75, 3.05) is 37.6 Å². The highest BCUT2D eigenvalue weighted by Gasteiger charge is 2.36. The Balaban J connectivity index is 1.45. The first-order valence-corrected chi connectivity index (χ1v) is 10.6. The maximum Gasteiger partial charge on any atom is 0.299 e. The van der Waals surface area contributed by atoms with Crippen LogP contribution in [0.4, 0.5) is 10.4 Å². The van der Waals surface area contributed by atoms with E-state index in [0.29, 0.717) is 23.0 Å². The quantitative estimate of drug-likeness (QED) is 0.819. The van der Waals surface area contributed by atoms with Crippen LogP contribution in [0.5, 0.6) is 0 Å². The van der Waals surface area contributed by atoms with E-state index in [-0.39, 0.29) is 29.6 Å². The molecule has 0 spiro atoms. The third-order valence-corrected chi connectivity index (χ3v) is 6.75. The summed E-state index contributed by atoms with van der Waals surface area (Å²) in [7, 11) is 0. The van der Waals surface area contributed by atoms with E-state index in [9.17, 15) is 9.18 Å². The molecule has 1 aromatic carbocycles. The van der Waals surface area contributed by atoms with Crippen LogP contribution in [0.1, 0.15) is 37.0 Å². The highest BCUT2D eigenvalue weighted by atomic mass is 19.1. The molecule has 0 unspecified atom stereocenters. The van der Waals surface area contributed by atoms with Gasteiger partial charge in [0.1, 0.15) is 5.52 Å². The van der Waals surface area contributed by atoms with E-state index in [1.807, 2.05) is 0 Å². The molecule has 0 saturated carbocycles. The maximum atomic E-state index is 14.5. The standard InChI is InChI=1S/C21H28FN5O2/c1-12-9-23-10-13(2)27(12)21-25-18-15(3-4-16(22)19(18)29-21)20(28)24-17-11-26-7-5-14(17)6-8-26/h3-4,12-14,17,23H,5-11H2,1-2H3,(H,24,28)/t12-,13-,17+/m0/s1. The number of benzene rings is 1. The average molecular weight is 401 g/mol. The van der Waals surface area contributed by atoms with Gasteiger partial charge in [0, 0.05) is 37.8 Å². The highest BCUT2D eigenvalue weighted by Crippen LogP contribution is 2.31. The van der Waals surface area contributed by atoms with Crippen molar-refractivity contribution >= 4 is 23.0 Å². The summed E-state index contributed by atoms with van der Waals surface area (Å²) in [6, 6.07) is 3.67. The lowest BCUT2D eigenvalue weighted by Crippen LogP contribution is -2.57. The number of oxazole rings is 1. The number of anilines is 1. The second-order valence-electron chi connectivity index (χ2n) is 8.75. The first-order chi connectivity index (χ1) is 14.0. The number of amides is 1. The van der Waals surface area contributed by atoms with E-state index in [1.165, 1.54) is 12.1 Å². The van der Waals surface area contributed by atoms with Gasteiger partial charge in [0.05, 0.1) is 5.56 Å². The normalized spacial score (nSPS) is 32.0. The Bertz CT molecular complexity index is 913. The van der Waals surface area contributed by atoms with Crippen LogP contribution in [-0.4, -0.2) is 66.6 Å². The Kier molecular flexibility index (Phi) is 4.70. The average Bonchev–Trinajstić information content (AvgIpc) is 3.14. The lowest BCUT2D eigenvalue weighted by Gasteiger charge is -2.44. The number of piperazine rings is 1. The molecule has 2 N–H and O–H groups in total. The van der Waals surface area contributed by atoms with Crippen LogP contribution in [-0.2, 0) is 0 Å². The van der Waals surface area contributed by atoms with Gasteiger partial charge in [-0.05, 0) is 57.8 Å². The number of hydrogen-bond donors (Lipinski definition) is 2. The zero-order chi connectivity index (χ0) is 20.1. The summed E-state index contributed by atoms with van der Waals surface area (Å²) in [5.41, 5.74) is 0.736. The third-order valence-electron chi connectivity index (χ3n) is 6.75. The molecule has 2 aromatic rings. The summed E-state index contributed by atoms with van der Waals surface area (Å²) in [6.45, 7) is 8.89. The summed E-state index contributed by atoms with van der Waals surface area (Å²) < 4.78 is 20.3. The van der Waals surface area contributed by atoms with Gasteiger partial charge in [-0.3, -0.25) is 4.79 Å². The Morgan fingerprint density at radius 1 is 1.24 bits per heavy atom. The summed E-state index contributed by atoms with van der Waals surface area (Å²) in [4.78, 5) is 22.1. The van der Waals surface area contributed by atoms with Crippen LogP contribution in [0.15, 0.2) is 16.5 Å². The van der Waals surface area contributed by atoms with Gasteiger partial charge < -0.3 is 24.9 Å². The first-order valence-electron chi connectivity index (χ1n) is 10.6. The number of carbonyl (C=O) groups is 1. The smallest absolute Gasteiger partial charge is 0.299 e. The van der Waals surface area contributed by atoms with Crippen molar-refractivity contribution in [3.63, 3.8) is 0 Å². The Hall–Kier alpha value is -2.19. The second kappa shape index (κ2) is 7.25. The van der Waals surface area contributed by atoms with E-state index in [0.717, 1.165) is 45.6 Å². The minimum absolute atomic E-state index is 0.0551. The van der Waals surface area contributed by atoms with E-state index >= 15 is 0 Å². The van der Waals surface area contributed by atoms with Gasteiger partial charge in [0.15, 0.2) is 11.4 Å². The summed E-state index contributed by atoms with van der Waals surface area (Å²) in [5, 5.41) is 6.54. The molecular formula is C21H28FN5O2. The Morgan fingerprint density at radius 2 is 1.97 bits per heavy atom. The number of halogens is 1. The van der Waals surface area contributed by atoms with E-state index in [1.54, 1.807) is 0 Å². The SMILES string of the molecule is C[C@H]1CNC[C@H](C)N1c1nc2c(C(=O)N[C@@H]3CN4CCC3CC4)ccc(F)c2o1. The highest BCUT2D eigenvalue weighted by molar-refractivity contribution is 6.05. The van der Waals surface area contributed by atoms with Crippen molar-refractivity contribution in [1.82, 2.24) is 20.5 Å². The lowest BCUT2D eigenvalue weighted by molar-refractivity contribution is 0.0621. The van der Waals surface area contributed by atoms with Crippen molar-refractivity contribution in [2.45, 2.75) is 44.8 Å². The molecule has 6 rings (SSSR count). The summed E-state index contributed by atoms with van der Waals surface area (Å²) >= 11 is 0. The fourth-order valence-corrected chi connectivity index (χ4v) is 5.14. The van der Waals surface area contributed by atoms with Gasteiger partial charge >= 0.3 is 0 Å². The molecule has 156 valence electrons. The monoisotopic (exact) mass is 401 g/mol. The van der Waals surface area contributed by atoms with E-state index in [2.05, 4.69) is 39.3 Å². The van der Waals surface area contributed by atoms with Gasteiger partial charge in [-0.2, -0.15) is 4.98 Å². The molecule has 1 aromatic heterocycles. The van der Waals surface area contributed by atoms with Gasteiger partial charge in [0.2, 0.25) is 0 Å². The minimum Gasteiger partial charge on any atom is -0.420 e. The van der Waals surface area contributed by atoms with Crippen molar-refractivity contribution in [3.8, 4) is 0 Å². The summed E-state index contributed by atoms with van der Waals surface area (Å²) in [5.74, 6) is -0.168. The van der Waals surface area contributed by atoms with Crippen molar-refractivity contribution < 1.29 is 13.6 Å². The molecule has 29 heavy (non-hydrogen) atoms. The second-order valence-corrected chi connectivity index (χ2v) is 8.75. The number of rotatable bonds is 3. The van der Waals surface area contributed by atoms with Gasteiger partial charge in [0.25, 0.3) is 11.9 Å². The molecule has 4 aliphatic rings. The topological polar surface area (TPSA) is 73.6 Å². The number of piperidine rings is 3. The first kappa shape index (κ1) is 18.8. The number of aromatic nitrogens is 1. The van der Waals surface area contributed by atoms with Gasteiger partial charge in [-0.1, -0.05) is 0 Å². The molecular weight excluding hydrogens is 373 g/mol. The number of nitrogens with one attached hydrogen (secondary N) is 2. The van der Waals surface area contributed by atoms with Crippen LogP contribution in [0.3, 0.4) is 0 Å².